The standard InChI is InChI=1S/C15H11F8S2/c1-8-5-9(2)14-12(6-8)11-4-3-10(25(19,20,21,22)23)7-13(11)24(14)15(16,17)18/h3-7H,1-2H3/q+1. The third-order valence-electron chi connectivity index (χ3n) is 3.76. The lowest BCUT2D eigenvalue weighted by atomic mass is 10.1. The predicted octanol–water partition coefficient (Wildman–Crippen LogP) is 8.49. The third kappa shape index (κ3) is 3.05. The van der Waals surface area contributed by atoms with Gasteiger partial charge in [-0.1, -0.05) is 25.5 Å². The minimum atomic E-state index is -10.1. The van der Waals surface area contributed by atoms with Crippen molar-refractivity contribution in [3.05, 3.63) is 41.5 Å². The Kier molecular flexibility index (Phi) is 3.21. The number of fused-ring (bicyclic) bond motifs is 3. The maximum Gasteiger partial charge on any atom is 0.601 e. The molecule has 0 amide bonds. The molecule has 0 nitrogen and oxygen atoms in total. The minimum Gasteiger partial charge on any atom is -0.118 e. The number of thiophene rings is 1. The first-order chi connectivity index (χ1) is 11.0. The molecule has 0 aliphatic rings. The van der Waals surface area contributed by atoms with Crippen molar-refractivity contribution in [2.75, 3.05) is 0 Å². The third-order valence-corrected chi connectivity index (χ3v) is 7.10. The highest BCUT2D eigenvalue weighted by atomic mass is 32.5. The zero-order chi connectivity index (χ0) is 19.1. The van der Waals surface area contributed by atoms with Crippen LogP contribution in [-0.4, -0.2) is 0 Å². The van der Waals surface area contributed by atoms with Crippen LogP contribution in [0.3, 0.4) is 0 Å². The molecule has 1 heterocycles. The molecular formula is C15H11F8S2+. The lowest BCUT2D eigenvalue weighted by molar-refractivity contribution is -0.0863. The highest BCUT2D eigenvalue weighted by Gasteiger charge is 2.66. The fourth-order valence-corrected chi connectivity index (χ4v) is 5.76. The van der Waals surface area contributed by atoms with E-state index in [2.05, 4.69) is 0 Å². The number of rotatable bonds is 1. The van der Waals surface area contributed by atoms with Gasteiger partial charge in [-0.3, -0.25) is 0 Å². The Morgan fingerprint density at radius 2 is 1.44 bits per heavy atom. The topological polar surface area (TPSA) is 0 Å². The number of hydrogen-bond acceptors (Lipinski definition) is 0. The van der Waals surface area contributed by atoms with E-state index < -0.39 is 35.8 Å². The molecule has 1 unspecified atom stereocenters. The van der Waals surface area contributed by atoms with Crippen molar-refractivity contribution in [2.45, 2.75) is 24.3 Å². The summed E-state index contributed by atoms with van der Waals surface area (Å²) in [7, 11) is -12.8. The highest BCUT2D eigenvalue weighted by Crippen LogP contribution is 3.02. The lowest BCUT2D eigenvalue weighted by Gasteiger charge is -2.40. The summed E-state index contributed by atoms with van der Waals surface area (Å²) in [4.78, 5) is -2.30. The summed E-state index contributed by atoms with van der Waals surface area (Å²) in [5.41, 5.74) is -3.98. The molecule has 0 saturated heterocycles. The Labute approximate surface area is 139 Å². The first kappa shape index (κ1) is 18.2. The van der Waals surface area contributed by atoms with Crippen LogP contribution in [0.5, 0.6) is 0 Å². The summed E-state index contributed by atoms with van der Waals surface area (Å²) in [6.45, 7) is 3.06. The van der Waals surface area contributed by atoms with Gasteiger partial charge in [-0.2, -0.15) is 0 Å². The molecule has 1 atom stereocenters. The van der Waals surface area contributed by atoms with E-state index in [1.165, 1.54) is 19.1 Å². The number of benzene rings is 2. The van der Waals surface area contributed by atoms with Gasteiger partial charge < -0.3 is 0 Å². The molecule has 0 aliphatic carbocycles. The Balaban J connectivity index is 2.58. The first-order valence-corrected chi connectivity index (χ1v) is 9.97. The summed E-state index contributed by atoms with van der Waals surface area (Å²) < 4.78 is 105. The molecule has 10 heteroatoms. The molecule has 25 heavy (non-hydrogen) atoms. The molecule has 0 bridgehead atoms. The number of aryl methyl sites for hydroxylation is 2. The molecule has 3 aromatic rings. The van der Waals surface area contributed by atoms with Gasteiger partial charge in [0, 0.05) is 22.4 Å². The summed E-state index contributed by atoms with van der Waals surface area (Å²) >= 11 is 0. The fourth-order valence-electron chi connectivity index (χ4n) is 2.91. The van der Waals surface area contributed by atoms with Crippen molar-refractivity contribution in [3.8, 4) is 0 Å². The van der Waals surface area contributed by atoms with Crippen LogP contribution in [0.15, 0.2) is 35.2 Å². The van der Waals surface area contributed by atoms with Gasteiger partial charge in [0.05, 0.1) is 0 Å². The summed E-state index contributed by atoms with van der Waals surface area (Å²) in [5.74, 6) is 0. The van der Waals surface area contributed by atoms with E-state index in [0.29, 0.717) is 11.6 Å². The Hall–Kier alpha value is -1.55. The molecule has 3 rings (SSSR count). The van der Waals surface area contributed by atoms with Gasteiger partial charge in [0.25, 0.3) is 0 Å². The quantitative estimate of drug-likeness (QED) is 0.280. The van der Waals surface area contributed by atoms with E-state index in [1.54, 1.807) is 6.92 Å². The molecule has 138 valence electrons. The molecule has 0 aliphatic heterocycles. The van der Waals surface area contributed by atoms with E-state index in [-0.39, 0.29) is 33.2 Å². The van der Waals surface area contributed by atoms with Crippen LogP contribution in [0.1, 0.15) is 11.1 Å². The van der Waals surface area contributed by atoms with Crippen molar-refractivity contribution in [3.63, 3.8) is 0 Å². The molecule has 0 fully saturated rings. The maximum atomic E-state index is 13.6. The predicted molar refractivity (Wildman–Crippen MR) is 86.1 cm³/mol. The second kappa shape index (κ2) is 4.40. The molecular weight excluding hydrogens is 396 g/mol. The van der Waals surface area contributed by atoms with Crippen molar-refractivity contribution >= 4 is 40.9 Å². The summed E-state index contributed by atoms with van der Waals surface area (Å²) in [5, 5.41) is 0.0509. The van der Waals surface area contributed by atoms with Crippen LogP contribution >= 0.6 is 20.7 Å². The molecule has 0 saturated carbocycles. The van der Waals surface area contributed by atoms with Crippen LogP contribution < -0.4 is 0 Å². The van der Waals surface area contributed by atoms with Gasteiger partial charge in [0.2, 0.25) is 0 Å². The van der Waals surface area contributed by atoms with Crippen molar-refractivity contribution in [1.29, 1.82) is 0 Å². The average Bonchev–Trinajstić information content (AvgIpc) is 2.70. The maximum absolute atomic E-state index is 13.6. The average molecular weight is 407 g/mol. The smallest absolute Gasteiger partial charge is 0.118 e. The molecule has 0 N–H and O–H groups in total. The van der Waals surface area contributed by atoms with Crippen LogP contribution in [0.25, 0.3) is 20.2 Å². The Morgan fingerprint density at radius 3 is 1.96 bits per heavy atom. The van der Waals surface area contributed by atoms with Gasteiger partial charge in [-0.25, -0.2) is 0 Å². The number of alkyl halides is 3. The fraction of sp³-hybridized carbons (Fsp3) is 0.200. The van der Waals surface area contributed by atoms with Crippen LogP contribution in [-0.2, 0) is 5.51 Å². The molecule has 1 aromatic heterocycles. The second-order valence-electron chi connectivity index (χ2n) is 5.84. The second-order valence-corrected chi connectivity index (χ2v) is 10.2. The Morgan fingerprint density at radius 1 is 0.840 bits per heavy atom. The van der Waals surface area contributed by atoms with Gasteiger partial charge in [-0.15, -0.1) is 13.2 Å². The normalized spacial score (nSPS) is 17.0. The minimum absolute atomic E-state index is 0.0394. The number of halogens is 8. The lowest BCUT2D eigenvalue weighted by Crippen LogP contribution is -2.05. The molecule has 0 radical (unpaired) electrons. The molecule has 2 aromatic carbocycles. The Bertz CT molecular complexity index is 1030. The summed E-state index contributed by atoms with van der Waals surface area (Å²) in [6, 6.07) is 3.74. The van der Waals surface area contributed by atoms with Gasteiger partial charge in [-0.05, 0) is 37.6 Å². The zero-order valence-electron chi connectivity index (χ0n) is 12.7. The van der Waals surface area contributed by atoms with E-state index in [9.17, 15) is 32.6 Å². The van der Waals surface area contributed by atoms with Gasteiger partial charge in [0.15, 0.2) is 9.40 Å². The van der Waals surface area contributed by atoms with Crippen molar-refractivity contribution in [1.82, 2.24) is 0 Å². The number of hydrogen-bond donors (Lipinski definition) is 0. The van der Waals surface area contributed by atoms with Gasteiger partial charge in [0.1, 0.15) is 15.4 Å². The van der Waals surface area contributed by atoms with E-state index in [1.807, 2.05) is 0 Å². The van der Waals surface area contributed by atoms with Crippen molar-refractivity contribution in [2.24, 2.45) is 0 Å². The highest BCUT2D eigenvalue weighted by molar-refractivity contribution is 8.45. The van der Waals surface area contributed by atoms with Gasteiger partial charge >= 0.3 is 15.7 Å². The van der Waals surface area contributed by atoms with E-state index in [0.717, 1.165) is 0 Å². The van der Waals surface area contributed by atoms with Crippen LogP contribution in [0.4, 0.5) is 32.6 Å². The monoisotopic (exact) mass is 407 g/mol. The molecule has 0 spiro atoms. The van der Waals surface area contributed by atoms with Crippen molar-refractivity contribution < 1.29 is 32.6 Å². The zero-order valence-corrected chi connectivity index (χ0v) is 14.4. The SMILES string of the molecule is Cc1cc(C)c2c(c1)c1ccc(S(F)(F)(F)(F)F)cc1[s+]2C(F)(F)F. The van der Waals surface area contributed by atoms with E-state index in [4.69, 9.17) is 0 Å². The summed E-state index contributed by atoms with van der Waals surface area (Å²) in [6.07, 6.45) is 0. The van der Waals surface area contributed by atoms with E-state index >= 15 is 0 Å². The van der Waals surface area contributed by atoms with Crippen LogP contribution in [0, 0.1) is 13.8 Å². The van der Waals surface area contributed by atoms with Crippen LogP contribution in [0.2, 0.25) is 0 Å². The largest absolute Gasteiger partial charge is 0.601 e. The first-order valence-electron chi connectivity index (χ1n) is 6.80.